The lowest BCUT2D eigenvalue weighted by molar-refractivity contribution is -0.352. The van der Waals surface area contributed by atoms with Gasteiger partial charge < -0.3 is 14.5 Å². The molecular formula is C22H21ClF3N3O4. The zero-order valence-electron chi connectivity index (χ0n) is 17.5. The number of hydrogen-bond donors (Lipinski definition) is 1. The van der Waals surface area contributed by atoms with E-state index in [-0.39, 0.29) is 35.6 Å². The molecule has 4 saturated carbocycles. The third-order valence-corrected chi connectivity index (χ3v) is 7.55. The van der Waals surface area contributed by atoms with Crippen molar-refractivity contribution in [3.63, 3.8) is 0 Å². The smallest absolute Gasteiger partial charge is 0.480 e. The Morgan fingerprint density at radius 2 is 1.97 bits per heavy atom. The summed E-state index contributed by atoms with van der Waals surface area (Å²) in [6, 6.07) is 5.40. The van der Waals surface area contributed by atoms with Gasteiger partial charge in [0.05, 0.1) is 11.5 Å². The number of fused-ring (bicyclic) bond motifs is 1. The molecule has 2 aromatic rings. The topological polar surface area (TPSA) is 86.5 Å². The Morgan fingerprint density at radius 3 is 2.70 bits per heavy atom. The molecule has 11 heteroatoms. The van der Waals surface area contributed by atoms with Gasteiger partial charge in [-0.3, -0.25) is 9.53 Å². The third kappa shape index (κ3) is 3.67. The van der Waals surface area contributed by atoms with Crippen molar-refractivity contribution in [2.45, 2.75) is 80.4 Å². The first-order chi connectivity index (χ1) is 15.6. The van der Waals surface area contributed by atoms with E-state index in [0.29, 0.717) is 48.2 Å². The maximum Gasteiger partial charge on any atom is 0.522 e. The van der Waals surface area contributed by atoms with Crippen LogP contribution in [0.25, 0.3) is 0 Å². The first-order valence-corrected chi connectivity index (χ1v) is 11.4. The highest BCUT2D eigenvalue weighted by molar-refractivity contribution is 6.30. The molecule has 0 radical (unpaired) electrons. The molecule has 176 valence electrons. The number of hydrogen-bond acceptors (Lipinski definition) is 6. The van der Waals surface area contributed by atoms with E-state index in [1.807, 2.05) is 6.07 Å². The summed E-state index contributed by atoms with van der Waals surface area (Å²) in [4.78, 5) is 12.8. The predicted octanol–water partition coefficient (Wildman–Crippen LogP) is 4.19. The van der Waals surface area contributed by atoms with Crippen molar-refractivity contribution in [3.8, 4) is 5.75 Å². The molecule has 1 unspecified atom stereocenters. The molecule has 33 heavy (non-hydrogen) atoms. The normalized spacial score (nSPS) is 34.2. The van der Waals surface area contributed by atoms with E-state index in [0.717, 1.165) is 12.0 Å². The molecule has 5 aliphatic rings. The van der Waals surface area contributed by atoms with Crippen LogP contribution >= 0.6 is 11.6 Å². The van der Waals surface area contributed by atoms with Gasteiger partial charge in [0.15, 0.2) is 6.10 Å². The molecule has 4 fully saturated rings. The Bertz CT molecular complexity index is 1090. The fraction of sp³-hybridized carbons (Fsp3) is 0.591. The second-order valence-corrected chi connectivity index (χ2v) is 10.2. The van der Waals surface area contributed by atoms with Crippen molar-refractivity contribution in [1.29, 1.82) is 0 Å². The van der Waals surface area contributed by atoms with E-state index in [4.69, 9.17) is 20.8 Å². The van der Waals surface area contributed by atoms with Crippen molar-refractivity contribution >= 4 is 17.5 Å². The minimum absolute atomic E-state index is 0.125. The number of carbonyl (C=O) groups is 1. The van der Waals surface area contributed by atoms with Crippen LogP contribution in [0.15, 0.2) is 22.6 Å². The first-order valence-electron chi connectivity index (χ1n) is 11.0. The summed E-state index contributed by atoms with van der Waals surface area (Å²) in [7, 11) is 0. The highest BCUT2D eigenvalue weighted by Crippen LogP contribution is 2.67. The van der Waals surface area contributed by atoms with Crippen LogP contribution in [0.5, 0.6) is 5.75 Å². The van der Waals surface area contributed by atoms with Crippen LogP contribution in [-0.2, 0) is 21.4 Å². The SMILES string of the molecule is O=C(NC12CC(c3nnc([C@H]4C[C@@H](OC(F)(F)F)C4)o3)(C1)C2)C1CCc2cc(Cl)ccc2O1. The number of nitrogens with one attached hydrogen (secondary N) is 1. The number of ether oxygens (including phenoxy) is 2. The van der Waals surface area contributed by atoms with Crippen molar-refractivity contribution in [3.05, 3.63) is 40.6 Å². The van der Waals surface area contributed by atoms with Gasteiger partial charge in [-0.05, 0) is 68.7 Å². The lowest BCUT2D eigenvalue weighted by atomic mass is 9.39. The fourth-order valence-corrected chi connectivity index (χ4v) is 5.89. The number of aromatic nitrogens is 2. The third-order valence-electron chi connectivity index (χ3n) is 7.32. The van der Waals surface area contributed by atoms with Gasteiger partial charge in [-0.25, -0.2) is 0 Å². The summed E-state index contributed by atoms with van der Waals surface area (Å²) in [6.07, 6.45) is -2.16. The first kappa shape index (κ1) is 21.2. The quantitative estimate of drug-likeness (QED) is 0.686. The van der Waals surface area contributed by atoms with Crippen LogP contribution in [-0.4, -0.2) is 40.2 Å². The second-order valence-electron chi connectivity index (χ2n) is 9.78. The van der Waals surface area contributed by atoms with Gasteiger partial charge in [-0.1, -0.05) is 11.6 Å². The molecule has 1 aromatic heterocycles. The molecule has 7 nitrogen and oxygen atoms in total. The Labute approximate surface area is 192 Å². The molecule has 4 aliphatic carbocycles. The number of nitrogens with zero attached hydrogens (tertiary/aromatic N) is 2. The van der Waals surface area contributed by atoms with Crippen LogP contribution < -0.4 is 10.1 Å². The standard InChI is InChI=1S/C22H21ClF3N3O4/c23-13-2-4-15-11(5-13)1-3-16(31-15)17(30)27-21-8-20(9-21,10-21)19-29-28-18(32-19)12-6-14(7-12)33-22(24,25)26/h2,4-5,12,14,16H,1,3,6-10H2,(H,27,30)/t12-,14+,16?,20?,21?. The van der Waals surface area contributed by atoms with E-state index >= 15 is 0 Å². The van der Waals surface area contributed by atoms with E-state index in [2.05, 4.69) is 20.3 Å². The van der Waals surface area contributed by atoms with Gasteiger partial charge >= 0.3 is 6.36 Å². The maximum absolute atomic E-state index is 12.8. The summed E-state index contributed by atoms with van der Waals surface area (Å²) < 4.78 is 52.6. The summed E-state index contributed by atoms with van der Waals surface area (Å²) >= 11 is 6.02. The predicted molar refractivity (Wildman–Crippen MR) is 108 cm³/mol. The molecule has 1 N–H and O–H groups in total. The number of carbonyl (C=O) groups excluding carboxylic acids is 1. The monoisotopic (exact) mass is 483 g/mol. The van der Waals surface area contributed by atoms with Gasteiger partial charge in [0.25, 0.3) is 5.91 Å². The molecule has 1 atom stereocenters. The zero-order valence-corrected chi connectivity index (χ0v) is 18.2. The number of amides is 1. The summed E-state index contributed by atoms with van der Waals surface area (Å²) in [5, 5.41) is 12.0. The summed E-state index contributed by atoms with van der Waals surface area (Å²) in [5.41, 5.74) is 0.476. The number of alkyl halides is 3. The van der Waals surface area contributed by atoms with Gasteiger partial charge in [0.2, 0.25) is 11.8 Å². The Kier molecular flexibility index (Phi) is 4.56. The molecule has 0 spiro atoms. The molecule has 2 heterocycles. The van der Waals surface area contributed by atoms with Gasteiger partial charge in [-0.2, -0.15) is 0 Å². The number of rotatable bonds is 5. The van der Waals surface area contributed by atoms with Crippen LogP contribution in [0.4, 0.5) is 13.2 Å². The summed E-state index contributed by atoms with van der Waals surface area (Å²) in [6.45, 7) is 0. The highest BCUT2D eigenvalue weighted by atomic mass is 35.5. The zero-order chi connectivity index (χ0) is 23.0. The van der Waals surface area contributed by atoms with Crippen LogP contribution in [0.3, 0.4) is 0 Å². The Morgan fingerprint density at radius 1 is 1.21 bits per heavy atom. The van der Waals surface area contributed by atoms with E-state index < -0.39 is 18.6 Å². The summed E-state index contributed by atoms with van der Waals surface area (Å²) in [5.74, 6) is 1.23. The largest absolute Gasteiger partial charge is 0.522 e. The minimum atomic E-state index is -4.63. The Hall–Kier alpha value is -2.33. The minimum Gasteiger partial charge on any atom is -0.480 e. The lowest BCUT2D eigenvalue weighted by Gasteiger charge is -2.68. The van der Waals surface area contributed by atoms with E-state index in [1.54, 1.807) is 12.1 Å². The second kappa shape index (κ2) is 7.09. The fourth-order valence-electron chi connectivity index (χ4n) is 5.70. The number of aryl methyl sites for hydroxylation is 1. The average Bonchev–Trinajstić information content (AvgIpc) is 3.13. The van der Waals surface area contributed by atoms with Crippen molar-refractivity contribution < 1.29 is 31.9 Å². The lowest BCUT2D eigenvalue weighted by Crippen LogP contribution is -2.77. The van der Waals surface area contributed by atoms with Gasteiger partial charge in [0, 0.05) is 16.5 Å². The number of halogens is 4. The average molecular weight is 484 g/mol. The van der Waals surface area contributed by atoms with Crippen LogP contribution in [0.1, 0.15) is 61.8 Å². The molecule has 1 aliphatic heterocycles. The molecule has 2 bridgehead atoms. The number of benzene rings is 1. The van der Waals surface area contributed by atoms with Crippen LogP contribution in [0.2, 0.25) is 5.02 Å². The molecule has 1 aromatic carbocycles. The van der Waals surface area contributed by atoms with Gasteiger partial charge in [-0.15, -0.1) is 23.4 Å². The van der Waals surface area contributed by atoms with E-state index in [1.165, 1.54) is 0 Å². The van der Waals surface area contributed by atoms with Crippen LogP contribution in [0, 0.1) is 0 Å². The van der Waals surface area contributed by atoms with E-state index in [9.17, 15) is 18.0 Å². The van der Waals surface area contributed by atoms with Crippen molar-refractivity contribution in [1.82, 2.24) is 15.5 Å². The Balaban J connectivity index is 1.02. The molecule has 0 saturated heterocycles. The highest BCUT2D eigenvalue weighted by Gasteiger charge is 2.72. The van der Waals surface area contributed by atoms with Gasteiger partial charge in [0.1, 0.15) is 5.75 Å². The molecular weight excluding hydrogens is 463 g/mol. The maximum atomic E-state index is 12.8. The van der Waals surface area contributed by atoms with Crippen molar-refractivity contribution in [2.75, 3.05) is 0 Å². The molecule has 7 rings (SSSR count). The van der Waals surface area contributed by atoms with Crippen molar-refractivity contribution in [2.24, 2.45) is 0 Å². The molecule has 1 amide bonds.